The molecule has 0 fully saturated rings. The van der Waals surface area contributed by atoms with E-state index in [1.54, 1.807) is 6.20 Å². The number of nitrogens with one attached hydrogen (secondary N) is 1. The van der Waals surface area contributed by atoms with Gasteiger partial charge >= 0.3 is 5.97 Å². The lowest BCUT2D eigenvalue weighted by atomic mass is 10.0. The summed E-state index contributed by atoms with van der Waals surface area (Å²) in [7, 11) is 0. The lowest BCUT2D eigenvalue weighted by Crippen LogP contribution is -2.40. The van der Waals surface area contributed by atoms with Crippen LogP contribution in [0, 0.1) is 0 Å². The van der Waals surface area contributed by atoms with Gasteiger partial charge in [-0.2, -0.15) is 0 Å². The maximum Gasteiger partial charge on any atom is 0.326 e. The molecule has 2 aromatic rings. The molecule has 2 rings (SSSR count). The first kappa shape index (κ1) is 20.7. The first-order valence-electron chi connectivity index (χ1n) is 9.48. The van der Waals surface area contributed by atoms with E-state index in [2.05, 4.69) is 36.3 Å². The van der Waals surface area contributed by atoms with Crippen molar-refractivity contribution in [2.45, 2.75) is 64.8 Å². The number of unbranched alkanes of at least 4 members (excludes halogenated alkanes) is 1. The van der Waals surface area contributed by atoms with Crippen LogP contribution in [0.4, 0.5) is 0 Å². The second kappa shape index (κ2) is 9.90. The van der Waals surface area contributed by atoms with Gasteiger partial charge in [-0.15, -0.1) is 0 Å². The van der Waals surface area contributed by atoms with E-state index in [-0.39, 0.29) is 12.3 Å². The molecular formula is C21H28N2O4. The Labute approximate surface area is 160 Å². The summed E-state index contributed by atoms with van der Waals surface area (Å²) in [4.78, 5) is 27.4. The number of aromatic nitrogens is 1. The third-order valence-electron chi connectivity index (χ3n) is 4.46. The van der Waals surface area contributed by atoms with Crippen molar-refractivity contribution < 1.29 is 19.1 Å². The zero-order valence-electron chi connectivity index (χ0n) is 16.2. The zero-order chi connectivity index (χ0) is 19.8. The highest BCUT2D eigenvalue weighted by Gasteiger charge is 2.19. The number of nitrogens with zero attached hydrogens (tertiary/aromatic N) is 1. The predicted molar refractivity (Wildman–Crippen MR) is 103 cm³/mol. The Morgan fingerprint density at radius 2 is 1.93 bits per heavy atom. The minimum Gasteiger partial charge on any atom is -0.480 e. The van der Waals surface area contributed by atoms with Gasteiger partial charge in [0, 0.05) is 18.4 Å². The summed E-state index contributed by atoms with van der Waals surface area (Å²) in [6.45, 7) is 6.27. The topological polar surface area (TPSA) is 92.4 Å². The van der Waals surface area contributed by atoms with Crippen LogP contribution >= 0.6 is 0 Å². The summed E-state index contributed by atoms with van der Waals surface area (Å²) in [5.74, 6) is 0.287. The largest absolute Gasteiger partial charge is 0.480 e. The van der Waals surface area contributed by atoms with Crippen LogP contribution in [0.2, 0.25) is 0 Å². The highest BCUT2D eigenvalue weighted by atomic mass is 16.4. The fourth-order valence-corrected chi connectivity index (χ4v) is 2.74. The van der Waals surface area contributed by atoms with Gasteiger partial charge in [-0.1, -0.05) is 57.9 Å². The van der Waals surface area contributed by atoms with Crippen LogP contribution in [0.25, 0.3) is 11.3 Å². The van der Waals surface area contributed by atoms with Crippen molar-refractivity contribution in [2.24, 2.45) is 0 Å². The number of carbonyl (C=O) groups excluding carboxylic acids is 1. The molecule has 0 bridgehead atoms. The Morgan fingerprint density at radius 3 is 2.52 bits per heavy atom. The Balaban J connectivity index is 1.89. The van der Waals surface area contributed by atoms with Crippen LogP contribution < -0.4 is 5.32 Å². The van der Waals surface area contributed by atoms with Crippen LogP contribution in [-0.2, 0) is 16.0 Å². The van der Waals surface area contributed by atoms with Gasteiger partial charge in [-0.25, -0.2) is 9.78 Å². The SMILES string of the molecule is CCCCC(NC(=O)CCc1ncc(-c2ccc(C(C)C)cc2)o1)C(=O)O. The van der Waals surface area contributed by atoms with Crippen molar-refractivity contribution in [3.8, 4) is 11.3 Å². The van der Waals surface area contributed by atoms with Crippen molar-refractivity contribution >= 4 is 11.9 Å². The molecule has 6 nitrogen and oxygen atoms in total. The van der Waals surface area contributed by atoms with Gasteiger partial charge in [-0.05, 0) is 17.9 Å². The number of hydrogen-bond acceptors (Lipinski definition) is 4. The van der Waals surface area contributed by atoms with Crippen LogP contribution in [0.1, 0.15) is 63.8 Å². The quantitative estimate of drug-likeness (QED) is 0.653. The third-order valence-corrected chi connectivity index (χ3v) is 4.46. The molecule has 1 aromatic heterocycles. The minimum absolute atomic E-state index is 0.141. The lowest BCUT2D eigenvalue weighted by molar-refractivity contribution is -0.142. The number of hydrogen-bond donors (Lipinski definition) is 2. The van der Waals surface area contributed by atoms with Crippen LogP contribution in [0.15, 0.2) is 34.9 Å². The third kappa shape index (κ3) is 6.24. The lowest BCUT2D eigenvalue weighted by Gasteiger charge is -2.13. The van der Waals surface area contributed by atoms with Crippen molar-refractivity contribution in [2.75, 3.05) is 0 Å². The highest BCUT2D eigenvalue weighted by Crippen LogP contribution is 2.23. The van der Waals surface area contributed by atoms with Crippen LogP contribution in [0.3, 0.4) is 0 Å². The number of amides is 1. The fourth-order valence-electron chi connectivity index (χ4n) is 2.74. The summed E-state index contributed by atoms with van der Waals surface area (Å²) < 4.78 is 5.73. The second-order valence-electron chi connectivity index (χ2n) is 7.00. The molecule has 0 aliphatic rings. The number of carbonyl (C=O) groups is 2. The molecule has 6 heteroatoms. The normalized spacial score (nSPS) is 12.1. The highest BCUT2D eigenvalue weighted by molar-refractivity contribution is 5.83. The van der Waals surface area contributed by atoms with E-state index >= 15 is 0 Å². The molecule has 0 saturated heterocycles. The summed E-state index contributed by atoms with van der Waals surface area (Å²) in [5.41, 5.74) is 2.19. The van der Waals surface area contributed by atoms with Gasteiger partial charge in [0.1, 0.15) is 6.04 Å². The summed E-state index contributed by atoms with van der Waals surface area (Å²) >= 11 is 0. The van der Waals surface area contributed by atoms with Crippen LogP contribution in [-0.4, -0.2) is 28.0 Å². The van der Waals surface area contributed by atoms with Crippen molar-refractivity contribution in [3.05, 3.63) is 41.9 Å². The molecule has 146 valence electrons. The maximum atomic E-state index is 12.0. The molecule has 0 aliphatic carbocycles. The molecule has 0 saturated carbocycles. The average molecular weight is 372 g/mol. The molecule has 0 aliphatic heterocycles. The summed E-state index contributed by atoms with van der Waals surface area (Å²) in [6.07, 6.45) is 4.21. The van der Waals surface area contributed by atoms with Crippen molar-refractivity contribution in [3.63, 3.8) is 0 Å². The average Bonchev–Trinajstić information content (AvgIpc) is 3.12. The Morgan fingerprint density at radius 1 is 1.22 bits per heavy atom. The number of carboxylic acid groups (broad SMARTS) is 1. The van der Waals surface area contributed by atoms with Crippen molar-refractivity contribution in [1.82, 2.24) is 10.3 Å². The van der Waals surface area contributed by atoms with Gasteiger partial charge in [0.05, 0.1) is 6.20 Å². The summed E-state index contributed by atoms with van der Waals surface area (Å²) in [5, 5.41) is 11.7. The number of aryl methyl sites for hydroxylation is 1. The zero-order valence-corrected chi connectivity index (χ0v) is 16.2. The summed E-state index contributed by atoms with van der Waals surface area (Å²) in [6, 6.07) is 7.29. The molecular weight excluding hydrogens is 344 g/mol. The molecule has 1 atom stereocenters. The van der Waals surface area contributed by atoms with Gasteiger partial charge in [0.2, 0.25) is 5.91 Å². The Kier molecular flexibility index (Phi) is 7.58. The number of aliphatic carboxylic acids is 1. The molecule has 27 heavy (non-hydrogen) atoms. The molecule has 1 aromatic carbocycles. The standard InChI is InChI=1S/C21H28N2O4/c1-4-5-6-17(21(25)26)23-19(24)11-12-20-22-13-18(27-20)16-9-7-15(8-10-16)14(2)3/h7-10,13-14,17H,4-6,11-12H2,1-3H3,(H,23,24)(H,25,26). The van der Waals surface area contributed by atoms with E-state index in [9.17, 15) is 14.7 Å². The van der Waals surface area contributed by atoms with Gasteiger partial charge in [-0.3, -0.25) is 4.79 Å². The van der Waals surface area contributed by atoms with E-state index in [1.165, 1.54) is 5.56 Å². The number of oxazole rings is 1. The number of rotatable bonds is 10. The maximum absolute atomic E-state index is 12.0. The van der Waals surface area contributed by atoms with Crippen molar-refractivity contribution in [1.29, 1.82) is 0 Å². The van der Waals surface area contributed by atoms with E-state index in [4.69, 9.17) is 4.42 Å². The smallest absolute Gasteiger partial charge is 0.326 e. The molecule has 1 amide bonds. The first-order chi connectivity index (χ1) is 12.9. The van der Waals surface area contributed by atoms with Gasteiger partial charge in [0.15, 0.2) is 11.7 Å². The number of benzene rings is 1. The molecule has 0 spiro atoms. The molecule has 2 N–H and O–H groups in total. The van der Waals surface area contributed by atoms with E-state index in [1.807, 2.05) is 19.1 Å². The minimum atomic E-state index is -1.000. The molecule has 1 heterocycles. The van der Waals surface area contributed by atoms with Crippen LogP contribution in [0.5, 0.6) is 0 Å². The molecule has 0 radical (unpaired) electrons. The van der Waals surface area contributed by atoms with E-state index in [0.29, 0.717) is 30.4 Å². The van der Waals surface area contributed by atoms with E-state index < -0.39 is 12.0 Å². The monoisotopic (exact) mass is 372 g/mol. The predicted octanol–water partition coefficient (Wildman–Crippen LogP) is 4.16. The Hall–Kier alpha value is -2.63. The second-order valence-corrected chi connectivity index (χ2v) is 7.00. The Bertz CT molecular complexity index is 750. The van der Waals surface area contributed by atoms with Gasteiger partial charge in [0.25, 0.3) is 0 Å². The first-order valence-corrected chi connectivity index (χ1v) is 9.48. The molecule has 1 unspecified atom stereocenters. The number of carboxylic acids is 1. The fraction of sp³-hybridized carbons (Fsp3) is 0.476. The van der Waals surface area contributed by atoms with Gasteiger partial charge < -0.3 is 14.8 Å². The van der Waals surface area contributed by atoms with E-state index in [0.717, 1.165) is 18.4 Å².